The third-order valence-corrected chi connectivity index (χ3v) is 3.78. The molecule has 2 rings (SSSR count). The second-order valence-corrected chi connectivity index (χ2v) is 4.83. The van der Waals surface area contributed by atoms with Crippen LogP contribution < -0.4 is 5.32 Å². The van der Waals surface area contributed by atoms with Crippen LogP contribution in [-0.2, 0) is 6.54 Å². The van der Waals surface area contributed by atoms with E-state index in [1.807, 2.05) is 17.9 Å². The van der Waals surface area contributed by atoms with Crippen LogP contribution in [0.1, 0.15) is 37.6 Å². The molecule has 2 aromatic rings. The maximum atomic E-state index is 4.40. The van der Waals surface area contributed by atoms with Crippen molar-refractivity contribution < 1.29 is 0 Å². The first-order valence-corrected chi connectivity index (χ1v) is 7.01. The maximum Gasteiger partial charge on any atom is 0.0571 e. The lowest BCUT2D eigenvalue weighted by Crippen LogP contribution is -2.14. The SMILES string of the molecule is CCC(NC)c1ccc(-c2cnn(CC)c2C)cc1. The number of hydrogen-bond donors (Lipinski definition) is 1. The highest BCUT2D eigenvalue weighted by Gasteiger charge is 2.09. The Kier molecular flexibility index (Phi) is 4.38. The Balaban J connectivity index is 2.29. The Morgan fingerprint density at radius 2 is 1.89 bits per heavy atom. The Morgan fingerprint density at radius 3 is 2.37 bits per heavy atom. The molecule has 3 heteroatoms. The van der Waals surface area contributed by atoms with E-state index in [1.54, 1.807) is 0 Å². The molecule has 1 aromatic carbocycles. The van der Waals surface area contributed by atoms with Crippen LogP contribution in [0.15, 0.2) is 30.5 Å². The summed E-state index contributed by atoms with van der Waals surface area (Å²) in [6.07, 6.45) is 3.06. The minimum atomic E-state index is 0.438. The van der Waals surface area contributed by atoms with Gasteiger partial charge in [-0.05, 0) is 38.4 Å². The van der Waals surface area contributed by atoms with E-state index in [-0.39, 0.29) is 0 Å². The summed E-state index contributed by atoms with van der Waals surface area (Å²) in [4.78, 5) is 0. The maximum absolute atomic E-state index is 4.40. The molecule has 19 heavy (non-hydrogen) atoms. The third-order valence-electron chi connectivity index (χ3n) is 3.78. The summed E-state index contributed by atoms with van der Waals surface area (Å²) in [6.45, 7) is 7.36. The quantitative estimate of drug-likeness (QED) is 0.887. The monoisotopic (exact) mass is 257 g/mol. The summed E-state index contributed by atoms with van der Waals surface area (Å²) < 4.78 is 2.03. The molecule has 0 aliphatic carbocycles. The molecule has 0 amide bonds. The average Bonchev–Trinajstić information content (AvgIpc) is 2.82. The predicted molar refractivity (Wildman–Crippen MR) is 80.2 cm³/mol. The van der Waals surface area contributed by atoms with E-state index in [0.717, 1.165) is 13.0 Å². The molecular formula is C16H23N3. The van der Waals surface area contributed by atoms with E-state index in [2.05, 4.69) is 55.5 Å². The Hall–Kier alpha value is -1.61. The van der Waals surface area contributed by atoms with Crippen LogP contribution in [0.3, 0.4) is 0 Å². The highest BCUT2D eigenvalue weighted by atomic mass is 15.3. The number of nitrogens with zero attached hydrogens (tertiary/aromatic N) is 2. The summed E-state index contributed by atoms with van der Waals surface area (Å²) in [5.41, 5.74) is 5.04. The van der Waals surface area contributed by atoms with Gasteiger partial charge in [0.25, 0.3) is 0 Å². The lowest BCUT2D eigenvalue weighted by molar-refractivity contribution is 0.577. The summed E-state index contributed by atoms with van der Waals surface area (Å²) >= 11 is 0. The minimum Gasteiger partial charge on any atom is -0.313 e. The predicted octanol–water partition coefficient (Wildman–Crippen LogP) is 3.55. The molecule has 0 aliphatic heterocycles. The van der Waals surface area contributed by atoms with E-state index in [1.165, 1.54) is 22.4 Å². The van der Waals surface area contributed by atoms with Gasteiger partial charge in [-0.1, -0.05) is 31.2 Å². The van der Waals surface area contributed by atoms with Crippen LogP contribution in [0.2, 0.25) is 0 Å². The molecule has 0 saturated carbocycles. The molecule has 0 bridgehead atoms. The van der Waals surface area contributed by atoms with Gasteiger partial charge < -0.3 is 5.32 Å². The van der Waals surface area contributed by atoms with Gasteiger partial charge in [-0.2, -0.15) is 5.10 Å². The van der Waals surface area contributed by atoms with E-state index < -0.39 is 0 Å². The first-order valence-electron chi connectivity index (χ1n) is 7.01. The zero-order valence-electron chi connectivity index (χ0n) is 12.3. The molecular weight excluding hydrogens is 234 g/mol. The van der Waals surface area contributed by atoms with Crippen LogP contribution in [0, 0.1) is 6.92 Å². The van der Waals surface area contributed by atoms with Crippen molar-refractivity contribution in [2.75, 3.05) is 7.05 Å². The van der Waals surface area contributed by atoms with Crippen molar-refractivity contribution in [1.29, 1.82) is 0 Å². The molecule has 102 valence electrons. The second-order valence-electron chi connectivity index (χ2n) is 4.83. The van der Waals surface area contributed by atoms with E-state index in [9.17, 15) is 0 Å². The number of aromatic nitrogens is 2. The van der Waals surface area contributed by atoms with Gasteiger partial charge in [-0.25, -0.2) is 0 Å². The number of rotatable bonds is 5. The molecule has 0 aliphatic rings. The van der Waals surface area contributed by atoms with Gasteiger partial charge in [0.15, 0.2) is 0 Å². The Labute approximate surface area is 115 Å². The number of nitrogens with one attached hydrogen (secondary N) is 1. The molecule has 0 saturated heterocycles. The van der Waals surface area contributed by atoms with Gasteiger partial charge >= 0.3 is 0 Å². The van der Waals surface area contributed by atoms with E-state index in [4.69, 9.17) is 0 Å². The third kappa shape index (κ3) is 2.71. The summed E-state index contributed by atoms with van der Waals surface area (Å²) in [5.74, 6) is 0. The van der Waals surface area contributed by atoms with Crippen molar-refractivity contribution in [3.8, 4) is 11.1 Å². The van der Waals surface area contributed by atoms with Crippen molar-refractivity contribution in [3.63, 3.8) is 0 Å². The van der Waals surface area contributed by atoms with Gasteiger partial charge in [0.05, 0.1) is 6.20 Å². The molecule has 1 N–H and O–H groups in total. The fourth-order valence-electron chi connectivity index (χ4n) is 2.55. The van der Waals surface area contributed by atoms with Gasteiger partial charge in [0.2, 0.25) is 0 Å². The highest BCUT2D eigenvalue weighted by molar-refractivity contribution is 5.65. The van der Waals surface area contributed by atoms with Crippen LogP contribution >= 0.6 is 0 Å². The summed E-state index contributed by atoms with van der Waals surface area (Å²) in [7, 11) is 2.01. The fourth-order valence-corrected chi connectivity index (χ4v) is 2.55. The normalized spacial score (nSPS) is 12.6. The number of hydrogen-bond acceptors (Lipinski definition) is 2. The topological polar surface area (TPSA) is 29.9 Å². The molecule has 1 unspecified atom stereocenters. The van der Waals surface area contributed by atoms with Crippen LogP contribution in [0.4, 0.5) is 0 Å². The second kappa shape index (κ2) is 6.02. The molecule has 3 nitrogen and oxygen atoms in total. The van der Waals surface area contributed by atoms with Gasteiger partial charge in [0, 0.05) is 23.8 Å². The number of aryl methyl sites for hydroxylation is 1. The molecule has 1 aromatic heterocycles. The van der Waals surface area contributed by atoms with Crippen LogP contribution in [0.5, 0.6) is 0 Å². The summed E-state index contributed by atoms with van der Waals surface area (Å²) in [6, 6.07) is 9.25. The highest BCUT2D eigenvalue weighted by Crippen LogP contribution is 2.25. The van der Waals surface area contributed by atoms with Crippen molar-refractivity contribution >= 4 is 0 Å². The zero-order valence-corrected chi connectivity index (χ0v) is 12.3. The van der Waals surface area contributed by atoms with Crippen molar-refractivity contribution in [2.45, 2.75) is 39.8 Å². The fraction of sp³-hybridized carbons (Fsp3) is 0.438. The largest absolute Gasteiger partial charge is 0.313 e. The van der Waals surface area contributed by atoms with E-state index >= 15 is 0 Å². The molecule has 0 spiro atoms. The van der Waals surface area contributed by atoms with Crippen molar-refractivity contribution in [2.24, 2.45) is 0 Å². The van der Waals surface area contributed by atoms with Crippen molar-refractivity contribution in [3.05, 3.63) is 41.7 Å². The molecule has 1 atom stereocenters. The summed E-state index contributed by atoms with van der Waals surface area (Å²) in [5, 5.41) is 7.74. The standard InChI is InChI=1S/C16H23N3/c1-5-16(17-4)14-9-7-13(8-10-14)15-11-18-19(6-2)12(15)3/h7-11,16-17H,5-6H2,1-4H3. The van der Waals surface area contributed by atoms with Gasteiger partial charge in [-0.3, -0.25) is 4.68 Å². The molecule has 0 radical (unpaired) electrons. The molecule has 0 fully saturated rings. The van der Waals surface area contributed by atoms with E-state index in [0.29, 0.717) is 6.04 Å². The number of benzene rings is 1. The lowest BCUT2D eigenvalue weighted by Gasteiger charge is -2.14. The first kappa shape index (κ1) is 13.8. The first-order chi connectivity index (χ1) is 9.21. The zero-order chi connectivity index (χ0) is 13.8. The van der Waals surface area contributed by atoms with Crippen molar-refractivity contribution in [1.82, 2.24) is 15.1 Å². The van der Waals surface area contributed by atoms with Crippen LogP contribution in [-0.4, -0.2) is 16.8 Å². The smallest absolute Gasteiger partial charge is 0.0571 e. The average molecular weight is 257 g/mol. The van der Waals surface area contributed by atoms with Crippen LogP contribution in [0.25, 0.3) is 11.1 Å². The van der Waals surface area contributed by atoms with Gasteiger partial charge in [0.1, 0.15) is 0 Å². The lowest BCUT2D eigenvalue weighted by atomic mass is 10.00. The minimum absolute atomic E-state index is 0.438. The Morgan fingerprint density at radius 1 is 1.21 bits per heavy atom. The van der Waals surface area contributed by atoms with Gasteiger partial charge in [-0.15, -0.1) is 0 Å². The molecule has 1 heterocycles. The Bertz CT molecular complexity index is 521.